The Morgan fingerprint density at radius 1 is 1.07 bits per heavy atom. The molecule has 0 heterocycles. The standard InChI is InChI=1S/C8H15F3O3S/c1-2-3-4-5-6-7-14-15(12,13)8(9,10)11/h2-7H2,1H3. The summed E-state index contributed by atoms with van der Waals surface area (Å²) in [6.07, 6.45) is 3.90. The van der Waals surface area contributed by atoms with Gasteiger partial charge in [-0.2, -0.15) is 21.6 Å². The van der Waals surface area contributed by atoms with Crippen molar-refractivity contribution in [3.63, 3.8) is 0 Å². The molecule has 0 saturated carbocycles. The predicted octanol–water partition coefficient (Wildman–Crippen LogP) is 2.82. The van der Waals surface area contributed by atoms with E-state index in [0.29, 0.717) is 12.8 Å². The second kappa shape index (κ2) is 6.32. The maximum absolute atomic E-state index is 11.8. The molecule has 3 nitrogen and oxygen atoms in total. The largest absolute Gasteiger partial charge is 0.523 e. The molecule has 0 fully saturated rings. The highest BCUT2D eigenvalue weighted by molar-refractivity contribution is 7.87. The zero-order chi connectivity index (χ0) is 11.9. The average molecular weight is 248 g/mol. The van der Waals surface area contributed by atoms with Crippen molar-refractivity contribution >= 4 is 10.1 Å². The first kappa shape index (κ1) is 14.7. The van der Waals surface area contributed by atoms with Crippen LogP contribution in [0.4, 0.5) is 13.2 Å². The molecule has 0 aliphatic heterocycles. The minimum absolute atomic E-state index is 0.329. The first-order valence-corrected chi connectivity index (χ1v) is 6.18. The van der Waals surface area contributed by atoms with Crippen LogP contribution in [0.1, 0.15) is 39.0 Å². The lowest BCUT2D eigenvalue weighted by Gasteiger charge is -2.07. The van der Waals surface area contributed by atoms with Gasteiger partial charge in [0.2, 0.25) is 0 Å². The van der Waals surface area contributed by atoms with E-state index >= 15 is 0 Å². The summed E-state index contributed by atoms with van der Waals surface area (Å²) in [4.78, 5) is 0. The molecule has 0 amide bonds. The summed E-state index contributed by atoms with van der Waals surface area (Å²) in [6, 6.07) is 0. The van der Waals surface area contributed by atoms with Crippen molar-refractivity contribution in [1.82, 2.24) is 0 Å². The van der Waals surface area contributed by atoms with E-state index in [0.717, 1.165) is 19.3 Å². The molecular weight excluding hydrogens is 233 g/mol. The molecule has 0 aromatic carbocycles. The Hall–Kier alpha value is -0.300. The summed E-state index contributed by atoms with van der Waals surface area (Å²) in [6.45, 7) is 1.61. The van der Waals surface area contributed by atoms with E-state index in [2.05, 4.69) is 4.18 Å². The molecule has 7 heteroatoms. The monoisotopic (exact) mass is 248 g/mol. The molecule has 0 radical (unpaired) electrons. The molecular formula is C8H15F3O3S. The Kier molecular flexibility index (Phi) is 6.19. The van der Waals surface area contributed by atoms with E-state index in [-0.39, 0.29) is 0 Å². The van der Waals surface area contributed by atoms with Crippen molar-refractivity contribution in [2.75, 3.05) is 6.61 Å². The third kappa shape index (κ3) is 5.99. The molecule has 92 valence electrons. The van der Waals surface area contributed by atoms with Crippen molar-refractivity contribution in [2.24, 2.45) is 0 Å². The quantitative estimate of drug-likeness (QED) is 0.395. The van der Waals surface area contributed by atoms with Crippen LogP contribution in [-0.2, 0) is 14.3 Å². The van der Waals surface area contributed by atoms with Crippen LogP contribution < -0.4 is 0 Å². The van der Waals surface area contributed by atoms with E-state index < -0.39 is 22.2 Å². The first-order valence-electron chi connectivity index (χ1n) is 4.77. The van der Waals surface area contributed by atoms with Crippen molar-refractivity contribution in [2.45, 2.75) is 44.5 Å². The van der Waals surface area contributed by atoms with Crippen LogP contribution >= 0.6 is 0 Å². The first-order chi connectivity index (χ1) is 6.81. The van der Waals surface area contributed by atoms with Crippen molar-refractivity contribution in [1.29, 1.82) is 0 Å². The lowest BCUT2D eigenvalue weighted by atomic mass is 10.2. The number of unbranched alkanes of at least 4 members (excludes halogenated alkanes) is 4. The molecule has 15 heavy (non-hydrogen) atoms. The Labute approximate surface area is 87.7 Å². The summed E-state index contributed by atoms with van der Waals surface area (Å²) in [7, 11) is -5.39. The number of hydrogen-bond donors (Lipinski definition) is 0. The zero-order valence-corrected chi connectivity index (χ0v) is 9.33. The lowest BCUT2D eigenvalue weighted by Crippen LogP contribution is -2.25. The van der Waals surface area contributed by atoms with Crippen LogP contribution in [-0.4, -0.2) is 20.5 Å². The van der Waals surface area contributed by atoms with Crippen LogP contribution in [0, 0.1) is 0 Å². The fraction of sp³-hybridized carbons (Fsp3) is 1.00. The van der Waals surface area contributed by atoms with E-state index in [1.54, 1.807) is 0 Å². The highest BCUT2D eigenvalue weighted by Crippen LogP contribution is 2.24. The predicted molar refractivity (Wildman–Crippen MR) is 49.7 cm³/mol. The second-order valence-corrected chi connectivity index (χ2v) is 4.74. The molecule has 0 bridgehead atoms. The summed E-state index contributed by atoms with van der Waals surface area (Å²) in [5.41, 5.74) is -5.31. The van der Waals surface area contributed by atoms with Gasteiger partial charge in [-0.05, 0) is 6.42 Å². The molecule has 0 aliphatic carbocycles. The summed E-state index contributed by atoms with van der Waals surface area (Å²) < 4.78 is 59.9. The van der Waals surface area contributed by atoms with E-state index in [1.165, 1.54) is 0 Å². The van der Waals surface area contributed by atoms with Crippen LogP contribution in [0.2, 0.25) is 0 Å². The minimum atomic E-state index is -5.39. The van der Waals surface area contributed by atoms with Gasteiger partial charge in [0, 0.05) is 0 Å². The highest BCUT2D eigenvalue weighted by atomic mass is 32.2. The SMILES string of the molecule is CCCCCCCOS(=O)(=O)C(F)(F)F. The van der Waals surface area contributed by atoms with E-state index in [1.807, 2.05) is 6.92 Å². The van der Waals surface area contributed by atoms with Crippen molar-refractivity contribution in [3.8, 4) is 0 Å². The van der Waals surface area contributed by atoms with Crippen molar-refractivity contribution in [3.05, 3.63) is 0 Å². The molecule has 0 N–H and O–H groups in total. The Bertz CT molecular complexity index is 259. The van der Waals surface area contributed by atoms with Crippen LogP contribution in [0.15, 0.2) is 0 Å². The van der Waals surface area contributed by atoms with Gasteiger partial charge >= 0.3 is 15.6 Å². The van der Waals surface area contributed by atoms with Gasteiger partial charge in [-0.1, -0.05) is 32.6 Å². The number of alkyl halides is 3. The molecule has 0 atom stereocenters. The third-order valence-electron chi connectivity index (χ3n) is 1.77. The molecule has 0 aromatic rings. The maximum Gasteiger partial charge on any atom is 0.523 e. The molecule has 0 spiro atoms. The summed E-state index contributed by atoms with van der Waals surface area (Å²) >= 11 is 0. The smallest absolute Gasteiger partial charge is 0.263 e. The minimum Gasteiger partial charge on any atom is -0.263 e. The van der Waals surface area contributed by atoms with Gasteiger partial charge in [-0.15, -0.1) is 0 Å². The Balaban J connectivity index is 3.69. The van der Waals surface area contributed by atoms with Gasteiger partial charge in [0.1, 0.15) is 0 Å². The Morgan fingerprint density at radius 3 is 2.07 bits per heavy atom. The molecule has 0 saturated heterocycles. The maximum atomic E-state index is 11.8. The van der Waals surface area contributed by atoms with E-state index in [4.69, 9.17) is 0 Å². The third-order valence-corrected chi connectivity index (χ3v) is 2.81. The van der Waals surface area contributed by atoms with Crippen molar-refractivity contribution < 1.29 is 25.8 Å². The van der Waals surface area contributed by atoms with Gasteiger partial charge in [0.05, 0.1) is 6.61 Å². The zero-order valence-electron chi connectivity index (χ0n) is 8.51. The van der Waals surface area contributed by atoms with Gasteiger partial charge < -0.3 is 0 Å². The van der Waals surface area contributed by atoms with E-state index in [9.17, 15) is 21.6 Å². The fourth-order valence-electron chi connectivity index (χ4n) is 0.941. The van der Waals surface area contributed by atoms with Crippen LogP contribution in [0.25, 0.3) is 0 Å². The van der Waals surface area contributed by atoms with Gasteiger partial charge in [0.15, 0.2) is 0 Å². The van der Waals surface area contributed by atoms with Gasteiger partial charge in [0.25, 0.3) is 0 Å². The van der Waals surface area contributed by atoms with Crippen LogP contribution in [0.5, 0.6) is 0 Å². The molecule has 0 aromatic heterocycles. The Morgan fingerprint density at radius 2 is 1.60 bits per heavy atom. The highest BCUT2D eigenvalue weighted by Gasteiger charge is 2.47. The molecule has 0 aliphatic rings. The number of rotatable bonds is 7. The van der Waals surface area contributed by atoms with Gasteiger partial charge in [-0.3, -0.25) is 4.18 Å². The van der Waals surface area contributed by atoms with Gasteiger partial charge in [-0.25, -0.2) is 0 Å². The van der Waals surface area contributed by atoms with Crippen LogP contribution in [0.3, 0.4) is 0 Å². The molecule has 0 unspecified atom stereocenters. The number of halogens is 3. The fourth-order valence-corrected chi connectivity index (χ4v) is 1.41. The summed E-state index contributed by atoms with van der Waals surface area (Å²) in [5.74, 6) is 0. The lowest BCUT2D eigenvalue weighted by molar-refractivity contribution is -0.0542. The molecule has 0 rings (SSSR count). The second-order valence-electron chi connectivity index (χ2n) is 3.14. The number of hydrogen-bond acceptors (Lipinski definition) is 3. The average Bonchev–Trinajstić information content (AvgIpc) is 2.09. The normalized spacial score (nSPS) is 13.1. The topological polar surface area (TPSA) is 43.4 Å². The summed E-state index contributed by atoms with van der Waals surface area (Å²) in [5, 5.41) is 0.